The van der Waals surface area contributed by atoms with E-state index in [0.717, 1.165) is 21.7 Å². The van der Waals surface area contributed by atoms with Crippen LogP contribution in [-0.2, 0) is 6.16 Å². The van der Waals surface area contributed by atoms with Crippen molar-refractivity contribution < 1.29 is 4.74 Å². The van der Waals surface area contributed by atoms with Crippen LogP contribution in [0.1, 0.15) is 12.5 Å². The van der Waals surface area contributed by atoms with Crippen molar-refractivity contribution in [3.05, 3.63) is 121 Å². The molecule has 3 heteroatoms. The van der Waals surface area contributed by atoms with Crippen LogP contribution >= 0.6 is 17.2 Å². The summed E-state index contributed by atoms with van der Waals surface area (Å²) in [7, 11) is 0. The molecule has 1 nitrogen and oxygen atoms in total. The molecule has 30 heavy (non-hydrogen) atoms. The Morgan fingerprint density at radius 1 is 0.633 bits per heavy atom. The molecule has 4 aromatic rings. The van der Waals surface area contributed by atoms with Gasteiger partial charge in [0, 0.05) is 0 Å². The Morgan fingerprint density at radius 3 is 1.63 bits per heavy atom. The third-order valence-corrected chi connectivity index (χ3v) is 12.7. The molecule has 4 aromatic carbocycles. The number of benzene rings is 4. The van der Waals surface area contributed by atoms with E-state index in [4.69, 9.17) is 16.0 Å². The van der Waals surface area contributed by atoms with Gasteiger partial charge < -0.3 is 0 Å². The van der Waals surface area contributed by atoms with Crippen LogP contribution in [0.25, 0.3) is 0 Å². The van der Waals surface area contributed by atoms with Gasteiger partial charge in [0.05, 0.1) is 0 Å². The first-order valence-electron chi connectivity index (χ1n) is 10.3. The van der Waals surface area contributed by atoms with E-state index in [1.54, 1.807) is 0 Å². The Hall–Kier alpha value is -2.60. The quantitative estimate of drug-likeness (QED) is 0.313. The van der Waals surface area contributed by atoms with E-state index >= 15 is 0 Å². The van der Waals surface area contributed by atoms with Crippen LogP contribution in [0.5, 0.6) is 5.75 Å². The van der Waals surface area contributed by atoms with Crippen molar-refractivity contribution in [2.75, 3.05) is 6.61 Å². The molecule has 0 fully saturated rings. The third kappa shape index (κ3) is 3.54. The number of ether oxygens (including phenoxy) is 1. The fourth-order valence-electron chi connectivity index (χ4n) is 4.22. The molecule has 0 saturated heterocycles. The van der Waals surface area contributed by atoms with E-state index in [1.165, 1.54) is 5.56 Å². The fourth-order valence-corrected chi connectivity index (χ4v) is 10.6. The molecule has 0 radical (unpaired) electrons. The van der Waals surface area contributed by atoms with Crippen LogP contribution in [-0.4, -0.2) is 6.61 Å². The number of halogens is 1. The summed E-state index contributed by atoms with van der Waals surface area (Å²) in [6, 6.07) is 39.9. The first-order chi connectivity index (χ1) is 14.7. The van der Waals surface area contributed by atoms with Gasteiger partial charge in [0.15, 0.2) is 0 Å². The first kappa shape index (κ1) is 20.7. The van der Waals surface area contributed by atoms with Crippen molar-refractivity contribution in [2.24, 2.45) is 0 Å². The Morgan fingerprint density at radius 2 is 1.10 bits per heavy atom. The van der Waals surface area contributed by atoms with Gasteiger partial charge in [0.1, 0.15) is 0 Å². The zero-order valence-electron chi connectivity index (χ0n) is 17.1. The summed E-state index contributed by atoms with van der Waals surface area (Å²) in [5, 5.41) is 3.37. The second-order valence-corrected chi connectivity index (χ2v) is 13.8. The van der Waals surface area contributed by atoms with Crippen LogP contribution in [0, 0.1) is 0 Å². The molecule has 0 N–H and O–H groups in total. The summed E-state index contributed by atoms with van der Waals surface area (Å²) in [6.07, 6.45) is 0.714. The van der Waals surface area contributed by atoms with Crippen molar-refractivity contribution in [3.63, 3.8) is 0 Å². The van der Waals surface area contributed by atoms with Gasteiger partial charge in [0.2, 0.25) is 0 Å². The Balaban J connectivity index is 2.13. The molecular formula is C27H26ClOP. The van der Waals surface area contributed by atoms with Gasteiger partial charge in [-0.3, -0.25) is 0 Å². The topological polar surface area (TPSA) is 9.23 Å². The summed E-state index contributed by atoms with van der Waals surface area (Å²) < 4.78 is 6.14. The minimum absolute atomic E-state index is 0.593. The van der Waals surface area contributed by atoms with Crippen LogP contribution < -0.4 is 20.7 Å². The Kier molecular flexibility index (Phi) is 5.95. The van der Waals surface area contributed by atoms with Gasteiger partial charge in [0.25, 0.3) is 0 Å². The maximum atomic E-state index is 8.20. The Labute approximate surface area is 184 Å². The molecule has 0 aliphatic rings. The van der Waals surface area contributed by atoms with Crippen molar-refractivity contribution in [3.8, 4) is 5.75 Å². The SMILES string of the molecule is CCOc1ccccc1P(Cl)(Cc1ccccc1)(c1ccccc1)c1ccccc1. The maximum absolute atomic E-state index is 8.20. The van der Waals surface area contributed by atoms with E-state index < -0.39 is 5.96 Å². The molecule has 0 aliphatic heterocycles. The van der Waals surface area contributed by atoms with Crippen molar-refractivity contribution >= 4 is 33.1 Å². The molecule has 0 spiro atoms. The molecule has 0 amide bonds. The van der Waals surface area contributed by atoms with E-state index in [9.17, 15) is 0 Å². The molecule has 152 valence electrons. The zero-order chi connectivity index (χ0) is 20.9. The van der Waals surface area contributed by atoms with E-state index in [1.807, 2.05) is 37.3 Å². The summed E-state index contributed by atoms with van der Waals surface area (Å²) in [4.78, 5) is 0. The normalized spacial score (nSPS) is 12.7. The van der Waals surface area contributed by atoms with Crippen molar-refractivity contribution in [1.29, 1.82) is 0 Å². The first-order valence-corrected chi connectivity index (χ1v) is 13.6. The van der Waals surface area contributed by atoms with Gasteiger partial charge >= 0.3 is 184 Å². The van der Waals surface area contributed by atoms with E-state index in [0.29, 0.717) is 12.8 Å². The second kappa shape index (κ2) is 8.64. The number of rotatable bonds is 7. The monoisotopic (exact) mass is 432 g/mol. The molecule has 0 saturated carbocycles. The third-order valence-electron chi connectivity index (χ3n) is 5.58. The van der Waals surface area contributed by atoms with Crippen LogP contribution in [0.3, 0.4) is 0 Å². The van der Waals surface area contributed by atoms with Gasteiger partial charge in [-0.05, 0) is 0 Å². The van der Waals surface area contributed by atoms with Gasteiger partial charge in [-0.2, -0.15) is 0 Å². The average Bonchev–Trinajstić information content (AvgIpc) is 2.81. The Bertz CT molecular complexity index is 1060. The summed E-state index contributed by atoms with van der Waals surface area (Å²) in [5.74, 6) is -2.56. The van der Waals surface area contributed by atoms with Crippen LogP contribution in [0.15, 0.2) is 115 Å². The molecule has 0 unspecified atom stereocenters. The molecule has 0 bridgehead atoms. The fraction of sp³-hybridized carbons (Fsp3) is 0.111. The van der Waals surface area contributed by atoms with Crippen LogP contribution in [0.2, 0.25) is 0 Å². The summed E-state index contributed by atoms with van der Waals surface area (Å²) in [6.45, 7) is 2.61. The van der Waals surface area contributed by atoms with Gasteiger partial charge in [-0.15, -0.1) is 0 Å². The molecule has 0 atom stereocenters. The van der Waals surface area contributed by atoms with Crippen LogP contribution in [0.4, 0.5) is 0 Å². The number of hydrogen-bond donors (Lipinski definition) is 0. The average molecular weight is 433 g/mol. The van der Waals surface area contributed by atoms with Crippen molar-refractivity contribution in [1.82, 2.24) is 0 Å². The minimum atomic E-state index is -3.42. The molecule has 4 rings (SSSR count). The van der Waals surface area contributed by atoms with E-state index in [2.05, 4.69) is 84.9 Å². The molecule has 0 aliphatic carbocycles. The standard InChI is InChI=1S/C27H26ClOP/c1-2-29-26-20-12-13-21-27(26)30(28,24-16-8-4-9-17-24,25-18-10-5-11-19-25)22-23-14-6-3-7-15-23/h3-21H,2,22H2,1H3. The van der Waals surface area contributed by atoms with Crippen molar-refractivity contribution in [2.45, 2.75) is 13.1 Å². The van der Waals surface area contributed by atoms with Gasteiger partial charge in [-0.25, -0.2) is 0 Å². The molecule has 0 aromatic heterocycles. The van der Waals surface area contributed by atoms with Gasteiger partial charge in [-0.1, -0.05) is 0 Å². The number of hydrogen-bond acceptors (Lipinski definition) is 1. The summed E-state index contributed by atoms with van der Waals surface area (Å²) in [5.41, 5.74) is 1.21. The second-order valence-electron chi connectivity index (χ2n) is 7.40. The van der Waals surface area contributed by atoms with E-state index in [-0.39, 0.29) is 0 Å². The number of para-hydroxylation sites is 1. The zero-order valence-corrected chi connectivity index (χ0v) is 18.8. The predicted molar refractivity (Wildman–Crippen MR) is 132 cm³/mol. The molecule has 0 heterocycles. The summed E-state index contributed by atoms with van der Waals surface area (Å²) >= 11 is 8.20. The molecular weight excluding hydrogens is 407 g/mol. The predicted octanol–water partition coefficient (Wildman–Crippen LogP) is 6.27.